The van der Waals surface area contributed by atoms with E-state index in [0.717, 1.165) is 25.7 Å². The van der Waals surface area contributed by atoms with Gasteiger partial charge in [-0.15, -0.1) is 0 Å². The third-order valence-electron chi connectivity index (χ3n) is 15.5. The number of ether oxygens (including phenoxy) is 2. The molecule has 4 N–H and O–H groups in total. The lowest BCUT2D eigenvalue weighted by atomic mass is 9.32. The molecule has 240 valence electrons. The van der Waals surface area contributed by atoms with Crippen LogP contribution in [0.3, 0.4) is 0 Å². The second kappa shape index (κ2) is 10.5. The van der Waals surface area contributed by atoms with Crippen LogP contribution in [0.2, 0.25) is 0 Å². The smallest absolute Gasteiger partial charge is 0.161 e. The predicted octanol–water partition coefficient (Wildman–Crippen LogP) is 5.85. The highest BCUT2D eigenvalue weighted by Gasteiger charge is 2.71. The molecule has 1 heterocycles. The van der Waals surface area contributed by atoms with Crippen LogP contribution in [-0.4, -0.2) is 64.3 Å². The van der Waals surface area contributed by atoms with Crippen LogP contribution in [0.4, 0.5) is 0 Å². The number of aliphatic hydroxyl groups is 4. The zero-order chi connectivity index (χ0) is 30.5. The number of aliphatic hydroxyl groups excluding tert-OH is 4. The fourth-order valence-electron chi connectivity index (χ4n) is 13.1. The van der Waals surface area contributed by atoms with E-state index in [1.54, 1.807) is 0 Å². The fraction of sp³-hybridized carbons (Fsp3) is 0.944. The molecule has 0 spiro atoms. The molecule has 0 radical (unpaired) electrons. The molecule has 42 heavy (non-hydrogen) atoms. The van der Waals surface area contributed by atoms with Crippen LogP contribution in [0, 0.1) is 56.7 Å². The Morgan fingerprint density at radius 3 is 2.26 bits per heavy atom. The van der Waals surface area contributed by atoms with Crippen molar-refractivity contribution in [2.45, 2.75) is 143 Å². The minimum absolute atomic E-state index is 0.00769. The maximum Gasteiger partial charge on any atom is 0.161 e. The molecule has 0 unspecified atom stereocenters. The molecule has 6 fully saturated rings. The average Bonchev–Trinajstić information content (AvgIpc) is 3.33. The number of hydrogen-bond donors (Lipinski definition) is 4. The maximum atomic E-state index is 10.8. The highest BCUT2D eigenvalue weighted by atomic mass is 16.7. The molecule has 1 aliphatic heterocycles. The van der Waals surface area contributed by atoms with Gasteiger partial charge in [-0.25, -0.2) is 0 Å². The van der Waals surface area contributed by atoms with E-state index in [4.69, 9.17) is 9.47 Å². The molecule has 6 rings (SSSR count). The van der Waals surface area contributed by atoms with Crippen molar-refractivity contribution in [1.82, 2.24) is 0 Å². The average molecular weight is 589 g/mol. The Morgan fingerprint density at radius 1 is 0.857 bits per heavy atom. The third-order valence-corrected chi connectivity index (χ3v) is 15.5. The molecule has 0 aromatic rings. The van der Waals surface area contributed by atoms with E-state index in [1.807, 2.05) is 0 Å². The molecule has 6 nitrogen and oxygen atoms in total. The number of hydrogen-bond acceptors (Lipinski definition) is 6. The van der Waals surface area contributed by atoms with Crippen LogP contribution >= 0.6 is 0 Å². The Hall–Kier alpha value is -0.500. The van der Waals surface area contributed by atoms with Crippen molar-refractivity contribution in [2.24, 2.45) is 56.7 Å². The molecule has 6 heteroatoms. The lowest BCUT2D eigenvalue weighted by Crippen LogP contribution is -2.67. The van der Waals surface area contributed by atoms with Gasteiger partial charge in [0.25, 0.3) is 0 Å². The summed E-state index contributed by atoms with van der Waals surface area (Å²) in [7, 11) is 0. The summed E-state index contributed by atoms with van der Waals surface area (Å²) in [5.74, 6) is 2.96. The van der Waals surface area contributed by atoms with E-state index in [-0.39, 0.29) is 46.2 Å². The number of rotatable bonds is 5. The van der Waals surface area contributed by atoms with Gasteiger partial charge in [-0.05, 0) is 128 Å². The predicted molar refractivity (Wildman–Crippen MR) is 163 cm³/mol. The van der Waals surface area contributed by atoms with Gasteiger partial charge in [0.2, 0.25) is 0 Å². The van der Waals surface area contributed by atoms with Crippen molar-refractivity contribution in [3.05, 3.63) is 12.2 Å². The van der Waals surface area contributed by atoms with Gasteiger partial charge >= 0.3 is 0 Å². The van der Waals surface area contributed by atoms with E-state index < -0.39 is 24.6 Å². The van der Waals surface area contributed by atoms with Crippen molar-refractivity contribution >= 4 is 0 Å². The van der Waals surface area contributed by atoms with E-state index in [9.17, 15) is 20.4 Å². The molecule has 5 aliphatic carbocycles. The second-order valence-electron chi connectivity index (χ2n) is 17.3. The van der Waals surface area contributed by atoms with Crippen LogP contribution in [0.5, 0.6) is 0 Å². The Kier molecular flexibility index (Phi) is 7.89. The van der Waals surface area contributed by atoms with Gasteiger partial charge in [-0.3, -0.25) is 0 Å². The monoisotopic (exact) mass is 588 g/mol. The summed E-state index contributed by atoms with van der Waals surface area (Å²) in [6.45, 7) is 19.4. The Labute approximate surface area is 254 Å². The summed E-state index contributed by atoms with van der Waals surface area (Å²) in [5, 5.41) is 41.1. The molecule has 6 aliphatic rings. The Bertz CT molecular complexity index is 1040. The van der Waals surface area contributed by atoms with Crippen LogP contribution in [0.25, 0.3) is 0 Å². The first kappa shape index (κ1) is 31.5. The summed E-state index contributed by atoms with van der Waals surface area (Å²) in [4.78, 5) is 0. The van der Waals surface area contributed by atoms with E-state index in [2.05, 4.69) is 48.1 Å². The van der Waals surface area contributed by atoms with Gasteiger partial charge < -0.3 is 29.9 Å². The van der Waals surface area contributed by atoms with Gasteiger partial charge in [-0.1, -0.05) is 46.8 Å². The molecule has 1 saturated heterocycles. The standard InChI is InChI=1S/C36H60O6/c1-21(2)22-10-15-36(20-38)17-16-34(6)23(30(22)36)8-9-27-33(5)13-12-28(32(3,4)26(33)11-14-35(27,34)7)42-29-18-24(39)31(40)25(19-37)41-29/h22-31,37-40H,1,8-20H2,2-7H3/t22-,23+,24+,25+,26-,27+,28-,29+,30+,31-,33-,34+,35+,36+/m0/s1. The van der Waals surface area contributed by atoms with Crippen molar-refractivity contribution in [2.75, 3.05) is 13.2 Å². The van der Waals surface area contributed by atoms with Crippen LogP contribution in [0.1, 0.15) is 112 Å². The minimum Gasteiger partial charge on any atom is -0.396 e. The topological polar surface area (TPSA) is 99.4 Å². The summed E-state index contributed by atoms with van der Waals surface area (Å²) >= 11 is 0. The van der Waals surface area contributed by atoms with E-state index >= 15 is 0 Å². The molecule has 0 aromatic heterocycles. The normalized spacial score (nSPS) is 55.2. The molecule has 5 saturated carbocycles. The molecular formula is C36H60O6. The Morgan fingerprint density at radius 2 is 1.60 bits per heavy atom. The number of allylic oxidation sites excluding steroid dienone is 1. The van der Waals surface area contributed by atoms with Crippen molar-refractivity contribution in [3.63, 3.8) is 0 Å². The molecule has 0 amide bonds. The van der Waals surface area contributed by atoms with Gasteiger partial charge in [0, 0.05) is 13.0 Å². The molecule has 0 aromatic carbocycles. The van der Waals surface area contributed by atoms with Crippen LogP contribution in [0.15, 0.2) is 12.2 Å². The SMILES string of the molecule is C=C(C)[C@@H]1CC[C@]2(CO)CC[C@]3(C)[C@H](CC[C@@H]4[C@@]5(C)CC[C@H](O[C@@H]6C[C@@H](O)[C@H](O)[C@@H](CO)O6)C(C)(C)[C@@H]5CC[C@]43C)[C@@H]12. The largest absolute Gasteiger partial charge is 0.396 e. The molecule has 0 bridgehead atoms. The maximum absolute atomic E-state index is 10.8. The van der Waals surface area contributed by atoms with Crippen molar-refractivity contribution < 1.29 is 29.9 Å². The highest BCUT2D eigenvalue weighted by molar-refractivity contribution is 5.21. The first-order chi connectivity index (χ1) is 19.7. The lowest BCUT2D eigenvalue weighted by Gasteiger charge is -2.73. The summed E-state index contributed by atoms with van der Waals surface area (Å²) < 4.78 is 12.5. The first-order valence-corrected chi connectivity index (χ1v) is 17.2. The Balaban J connectivity index is 1.25. The van der Waals surface area contributed by atoms with Crippen molar-refractivity contribution in [3.8, 4) is 0 Å². The van der Waals surface area contributed by atoms with E-state index in [0.29, 0.717) is 36.2 Å². The summed E-state index contributed by atoms with van der Waals surface area (Å²) in [5.41, 5.74) is 2.15. The van der Waals surface area contributed by atoms with Gasteiger partial charge in [0.15, 0.2) is 6.29 Å². The molecule has 14 atom stereocenters. The zero-order valence-corrected chi connectivity index (χ0v) is 27.3. The van der Waals surface area contributed by atoms with E-state index in [1.165, 1.54) is 44.1 Å². The van der Waals surface area contributed by atoms with Crippen LogP contribution < -0.4 is 0 Å². The second-order valence-corrected chi connectivity index (χ2v) is 17.3. The zero-order valence-electron chi connectivity index (χ0n) is 27.3. The van der Waals surface area contributed by atoms with Gasteiger partial charge in [0.05, 0.1) is 18.8 Å². The van der Waals surface area contributed by atoms with Crippen LogP contribution in [-0.2, 0) is 9.47 Å². The summed E-state index contributed by atoms with van der Waals surface area (Å²) in [6.07, 6.45) is 8.62. The summed E-state index contributed by atoms with van der Waals surface area (Å²) in [6, 6.07) is 0. The number of fused-ring (bicyclic) bond motifs is 7. The highest BCUT2D eigenvalue weighted by Crippen LogP contribution is 2.77. The first-order valence-electron chi connectivity index (χ1n) is 17.2. The lowest BCUT2D eigenvalue weighted by molar-refractivity contribution is -0.302. The minimum atomic E-state index is -1.08. The third kappa shape index (κ3) is 4.24. The van der Waals surface area contributed by atoms with Gasteiger partial charge in [-0.2, -0.15) is 0 Å². The molecular weight excluding hydrogens is 528 g/mol. The quantitative estimate of drug-likeness (QED) is 0.238. The van der Waals surface area contributed by atoms with Gasteiger partial charge in [0.1, 0.15) is 12.2 Å². The van der Waals surface area contributed by atoms with Crippen molar-refractivity contribution in [1.29, 1.82) is 0 Å². The fourth-order valence-corrected chi connectivity index (χ4v) is 13.1.